The first-order chi connectivity index (χ1) is 14.4. The number of aromatic nitrogens is 1. The van der Waals surface area contributed by atoms with E-state index >= 15 is 0 Å². The van der Waals surface area contributed by atoms with Gasteiger partial charge in [-0.2, -0.15) is 0 Å². The van der Waals surface area contributed by atoms with Crippen molar-refractivity contribution >= 4 is 34.1 Å². The lowest BCUT2D eigenvalue weighted by Gasteiger charge is -2.31. The monoisotopic (exact) mass is 424 g/mol. The summed E-state index contributed by atoms with van der Waals surface area (Å²) < 4.78 is 0. The quantitative estimate of drug-likeness (QED) is 0.486. The summed E-state index contributed by atoms with van der Waals surface area (Å²) in [4.78, 5) is 32.6. The third kappa shape index (κ3) is 4.08. The number of hydrogen-bond acceptors (Lipinski definition) is 5. The summed E-state index contributed by atoms with van der Waals surface area (Å²) in [5, 5.41) is 13.1. The smallest absolute Gasteiger partial charge is 0.259 e. The van der Waals surface area contributed by atoms with Crippen molar-refractivity contribution in [1.82, 2.24) is 14.8 Å². The minimum absolute atomic E-state index is 0.106. The summed E-state index contributed by atoms with van der Waals surface area (Å²) in [5.74, 6) is -0.343. The molecule has 154 valence electrons. The van der Waals surface area contributed by atoms with Crippen molar-refractivity contribution in [2.45, 2.75) is 13.1 Å². The van der Waals surface area contributed by atoms with Crippen LogP contribution in [0, 0.1) is 0 Å². The van der Waals surface area contributed by atoms with Gasteiger partial charge in [0.1, 0.15) is 5.56 Å². The van der Waals surface area contributed by atoms with E-state index in [4.69, 9.17) is 16.8 Å². The number of carbonyl (C=O) groups is 1. The molecule has 3 aromatic rings. The van der Waals surface area contributed by atoms with Crippen molar-refractivity contribution in [3.8, 4) is 0 Å². The Labute approximate surface area is 178 Å². The second-order valence-corrected chi connectivity index (χ2v) is 7.95. The van der Waals surface area contributed by atoms with Crippen LogP contribution in [-0.4, -0.2) is 51.7 Å². The number of rotatable bonds is 5. The maximum absolute atomic E-state index is 13.0. The molecule has 1 fully saturated rings. The lowest BCUT2D eigenvalue weighted by atomic mass is 10.1. The molecule has 0 bridgehead atoms. The van der Waals surface area contributed by atoms with Crippen LogP contribution in [0.2, 0.25) is 5.02 Å². The van der Waals surface area contributed by atoms with Gasteiger partial charge in [0.25, 0.3) is 5.91 Å². The molecule has 0 saturated carbocycles. The number of amides is 1. The molecule has 1 aliphatic heterocycles. The number of pyridine rings is 1. The summed E-state index contributed by atoms with van der Waals surface area (Å²) in [6, 6.07) is 12.9. The largest absolute Gasteiger partial charge is 0.411 e. The van der Waals surface area contributed by atoms with Crippen molar-refractivity contribution < 1.29 is 10.0 Å². The molecule has 1 amide bonds. The van der Waals surface area contributed by atoms with Crippen molar-refractivity contribution in [2.75, 3.05) is 20.1 Å². The molecule has 0 unspecified atom stereocenters. The van der Waals surface area contributed by atoms with Gasteiger partial charge in [-0.1, -0.05) is 35.0 Å². The molecular formula is C22H21ClN4O3. The fourth-order valence-corrected chi connectivity index (χ4v) is 3.69. The molecule has 4 rings (SSSR count). The van der Waals surface area contributed by atoms with Gasteiger partial charge in [-0.3, -0.25) is 14.5 Å². The Balaban J connectivity index is 1.56. The Morgan fingerprint density at radius 2 is 1.90 bits per heavy atom. The third-order valence-corrected chi connectivity index (χ3v) is 5.47. The molecule has 0 atom stereocenters. The Morgan fingerprint density at radius 1 is 1.20 bits per heavy atom. The van der Waals surface area contributed by atoms with Gasteiger partial charge in [0, 0.05) is 55.3 Å². The van der Waals surface area contributed by atoms with Gasteiger partial charge < -0.3 is 15.1 Å². The highest BCUT2D eigenvalue weighted by Crippen LogP contribution is 2.17. The zero-order valence-electron chi connectivity index (χ0n) is 16.4. The first-order valence-corrected chi connectivity index (χ1v) is 9.89. The maximum Gasteiger partial charge on any atom is 0.259 e. The number of halogens is 1. The maximum atomic E-state index is 13.0. The van der Waals surface area contributed by atoms with Gasteiger partial charge in [-0.25, -0.2) is 0 Å². The van der Waals surface area contributed by atoms with Crippen LogP contribution in [0.15, 0.2) is 58.6 Å². The molecule has 30 heavy (non-hydrogen) atoms. The molecule has 2 heterocycles. The normalized spacial score (nSPS) is 13.9. The van der Waals surface area contributed by atoms with E-state index in [-0.39, 0.29) is 16.9 Å². The molecule has 0 aliphatic carbocycles. The predicted molar refractivity (Wildman–Crippen MR) is 116 cm³/mol. The fraction of sp³-hybridized carbons (Fsp3) is 0.227. The van der Waals surface area contributed by atoms with Crippen LogP contribution in [0.4, 0.5) is 0 Å². The van der Waals surface area contributed by atoms with Gasteiger partial charge >= 0.3 is 0 Å². The molecule has 8 heteroatoms. The molecule has 1 aliphatic rings. The van der Waals surface area contributed by atoms with Crippen LogP contribution in [0.1, 0.15) is 21.5 Å². The van der Waals surface area contributed by atoms with Crippen LogP contribution in [0.3, 0.4) is 0 Å². The van der Waals surface area contributed by atoms with E-state index in [0.29, 0.717) is 42.1 Å². The summed E-state index contributed by atoms with van der Waals surface area (Å²) in [6.45, 7) is 2.23. The average molecular weight is 425 g/mol. The Morgan fingerprint density at radius 3 is 2.60 bits per heavy atom. The van der Waals surface area contributed by atoms with Crippen LogP contribution < -0.4 is 5.43 Å². The number of likely N-dealkylation sites (tertiary alicyclic amines) is 1. The van der Waals surface area contributed by atoms with Gasteiger partial charge in [-0.15, -0.1) is 0 Å². The first-order valence-electron chi connectivity index (χ1n) is 9.51. The lowest BCUT2D eigenvalue weighted by molar-refractivity contribution is 0.0783. The summed E-state index contributed by atoms with van der Waals surface area (Å²) >= 11 is 5.91. The highest BCUT2D eigenvalue weighted by Gasteiger charge is 2.22. The highest BCUT2D eigenvalue weighted by molar-refractivity contribution is 6.30. The van der Waals surface area contributed by atoms with E-state index < -0.39 is 0 Å². The first kappa shape index (κ1) is 20.1. The van der Waals surface area contributed by atoms with Crippen LogP contribution >= 0.6 is 11.6 Å². The zero-order chi connectivity index (χ0) is 21.3. The topological polar surface area (TPSA) is 89.0 Å². The Kier molecular flexibility index (Phi) is 5.57. The fourth-order valence-electron chi connectivity index (χ4n) is 3.57. The van der Waals surface area contributed by atoms with Gasteiger partial charge in [0.05, 0.1) is 5.71 Å². The number of aromatic amines is 1. The zero-order valence-corrected chi connectivity index (χ0v) is 17.2. The number of oxime groups is 1. The van der Waals surface area contributed by atoms with Crippen molar-refractivity contribution in [2.24, 2.45) is 5.16 Å². The van der Waals surface area contributed by atoms with Crippen LogP contribution in [-0.2, 0) is 13.1 Å². The van der Waals surface area contributed by atoms with E-state index in [1.807, 2.05) is 30.3 Å². The Hall–Kier alpha value is -3.16. The van der Waals surface area contributed by atoms with Crippen molar-refractivity contribution in [1.29, 1.82) is 0 Å². The number of benzene rings is 2. The van der Waals surface area contributed by atoms with Gasteiger partial charge in [-0.05, 0) is 35.4 Å². The van der Waals surface area contributed by atoms with Crippen molar-refractivity contribution in [3.05, 3.63) is 80.6 Å². The van der Waals surface area contributed by atoms with E-state index in [1.54, 1.807) is 19.2 Å². The molecule has 1 saturated heterocycles. The van der Waals surface area contributed by atoms with E-state index in [2.05, 4.69) is 15.0 Å². The number of hydrogen-bond donors (Lipinski definition) is 2. The second-order valence-electron chi connectivity index (χ2n) is 7.51. The standard InChI is InChI=1S/C22H21ClN4O3/c1-26(10-14-2-5-16(23)6-3-14)22(29)19-9-24-20-7-4-15(8-18(20)21(19)28)11-27-12-17(13-27)25-30/h2-9,30H,10-13H2,1H3,(H,24,28). The molecule has 1 aromatic heterocycles. The molecular weight excluding hydrogens is 404 g/mol. The number of H-pyrrole nitrogens is 1. The molecule has 2 aromatic carbocycles. The SMILES string of the molecule is CN(Cc1ccc(Cl)cc1)C(=O)c1c[nH]c2ccc(CN3CC(=NO)C3)cc2c1=O. The minimum Gasteiger partial charge on any atom is -0.411 e. The number of fused-ring (bicyclic) bond motifs is 1. The number of nitrogens with one attached hydrogen (secondary N) is 1. The Bertz CT molecular complexity index is 1180. The molecule has 0 spiro atoms. The lowest BCUT2D eigenvalue weighted by Crippen LogP contribution is -2.46. The van der Waals surface area contributed by atoms with Gasteiger partial charge in [0.15, 0.2) is 0 Å². The second kappa shape index (κ2) is 8.30. The number of carbonyl (C=O) groups excluding carboxylic acids is 1. The summed E-state index contributed by atoms with van der Waals surface area (Å²) in [5.41, 5.74) is 3.13. The summed E-state index contributed by atoms with van der Waals surface area (Å²) in [7, 11) is 1.67. The van der Waals surface area contributed by atoms with E-state index in [0.717, 1.165) is 16.8 Å². The van der Waals surface area contributed by atoms with Crippen molar-refractivity contribution in [3.63, 3.8) is 0 Å². The minimum atomic E-state index is -0.343. The highest BCUT2D eigenvalue weighted by atomic mass is 35.5. The summed E-state index contributed by atoms with van der Waals surface area (Å²) in [6.07, 6.45) is 1.48. The van der Waals surface area contributed by atoms with E-state index in [1.165, 1.54) is 11.1 Å². The third-order valence-electron chi connectivity index (χ3n) is 5.22. The molecule has 2 N–H and O–H groups in total. The molecule has 0 radical (unpaired) electrons. The predicted octanol–water partition coefficient (Wildman–Crippen LogP) is 3.10. The van der Waals surface area contributed by atoms with E-state index in [9.17, 15) is 9.59 Å². The van der Waals surface area contributed by atoms with Crippen LogP contribution in [0.25, 0.3) is 10.9 Å². The van der Waals surface area contributed by atoms with Gasteiger partial charge in [0.2, 0.25) is 5.43 Å². The average Bonchev–Trinajstić information content (AvgIpc) is 2.72. The number of nitrogens with zero attached hydrogens (tertiary/aromatic N) is 3. The molecule has 7 nitrogen and oxygen atoms in total. The van der Waals surface area contributed by atoms with Crippen LogP contribution in [0.5, 0.6) is 0 Å².